The van der Waals surface area contributed by atoms with Crippen LogP contribution in [0.3, 0.4) is 0 Å². The average molecular weight is 617 g/mol. The van der Waals surface area contributed by atoms with E-state index in [2.05, 4.69) is 0 Å². The maximum absolute atomic E-state index is 14.0. The quantitative estimate of drug-likeness (QED) is 0.429. The number of carbonyl (C=O) groups excluding carboxylic acids is 3. The van der Waals surface area contributed by atoms with Crippen LogP contribution >= 0.6 is 11.8 Å². The van der Waals surface area contributed by atoms with Gasteiger partial charge in [-0.25, -0.2) is 4.79 Å². The lowest BCUT2D eigenvalue weighted by Gasteiger charge is -2.55. The maximum atomic E-state index is 14.0. The van der Waals surface area contributed by atoms with Gasteiger partial charge in [0.05, 0.1) is 17.6 Å². The summed E-state index contributed by atoms with van der Waals surface area (Å²) in [5.74, 6) is -2.32. The first-order chi connectivity index (χ1) is 20.7. The number of allylic oxidation sites excluding steroid dienone is 2. The minimum Gasteiger partial charge on any atom is -0.481 e. The van der Waals surface area contributed by atoms with Gasteiger partial charge in [0.1, 0.15) is 6.10 Å². The van der Waals surface area contributed by atoms with E-state index in [0.717, 1.165) is 25.7 Å². The minimum atomic E-state index is -0.868. The molecule has 43 heavy (non-hydrogen) atoms. The second-order valence-electron chi connectivity index (χ2n) is 13.1. The molecule has 1 heterocycles. The Labute approximate surface area is 254 Å². The molecule has 10 unspecified atom stereocenters. The number of ether oxygens (including phenoxy) is 2. The van der Waals surface area contributed by atoms with Crippen LogP contribution in [-0.4, -0.2) is 46.9 Å². The van der Waals surface area contributed by atoms with Crippen molar-refractivity contribution in [2.45, 2.75) is 77.4 Å². The van der Waals surface area contributed by atoms with Gasteiger partial charge in [-0.15, -0.1) is 0 Å². The summed E-state index contributed by atoms with van der Waals surface area (Å²) >= 11 is 1.35. The molecule has 234 valence electrons. The molecule has 4 saturated carbocycles. The van der Waals surface area contributed by atoms with Crippen LogP contribution in [0.5, 0.6) is 0 Å². The summed E-state index contributed by atoms with van der Waals surface area (Å²) in [4.78, 5) is 63.5. The Bertz CT molecular complexity index is 1360. The summed E-state index contributed by atoms with van der Waals surface area (Å²) in [6, 6.07) is 0. The number of rotatable bonds is 7. The van der Waals surface area contributed by atoms with Crippen LogP contribution in [0.25, 0.3) is 0 Å². The van der Waals surface area contributed by atoms with Crippen LogP contribution in [0.1, 0.15) is 69.3 Å². The number of carboxylic acids is 1. The van der Waals surface area contributed by atoms with Gasteiger partial charge in [-0.3, -0.25) is 19.2 Å². The van der Waals surface area contributed by atoms with E-state index in [1.54, 1.807) is 6.92 Å². The van der Waals surface area contributed by atoms with Crippen LogP contribution in [-0.2, 0) is 35.3 Å². The molecule has 0 radical (unpaired) electrons. The van der Waals surface area contributed by atoms with Crippen molar-refractivity contribution in [2.24, 2.45) is 53.3 Å². The highest BCUT2D eigenvalue weighted by Gasteiger charge is 2.57. The van der Waals surface area contributed by atoms with Crippen molar-refractivity contribution in [1.29, 1.82) is 0 Å². The molecule has 5 aliphatic rings. The second-order valence-corrected chi connectivity index (χ2v) is 14.0. The molecule has 5 aliphatic carbocycles. The van der Waals surface area contributed by atoms with E-state index in [1.807, 2.05) is 12.3 Å². The van der Waals surface area contributed by atoms with Gasteiger partial charge in [0.2, 0.25) is 0 Å². The zero-order chi connectivity index (χ0) is 30.4. The molecule has 4 fully saturated rings. The SMILES string of the molecule is CSCC(=O)OC1CCC2C(CCC3C4CCC5CCC(C(=O)O)CC5C4=CC(=O)C32)C1C(=O)OCc1oc(=O)oc1C. The normalized spacial score (nSPS) is 36.7. The number of ketones is 1. The molecule has 1 aromatic heterocycles. The highest BCUT2D eigenvalue weighted by Crippen LogP contribution is 2.59. The summed E-state index contributed by atoms with van der Waals surface area (Å²) < 4.78 is 21.4. The Kier molecular flexibility index (Phi) is 8.63. The van der Waals surface area contributed by atoms with E-state index in [9.17, 15) is 29.1 Å². The average Bonchev–Trinajstić information content (AvgIpc) is 3.31. The minimum absolute atomic E-state index is 0.0402. The third kappa shape index (κ3) is 5.73. The van der Waals surface area contributed by atoms with Gasteiger partial charge in [0.25, 0.3) is 0 Å². The molecule has 1 aromatic rings. The van der Waals surface area contributed by atoms with Gasteiger partial charge in [-0.1, -0.05) is 5.57 Å². The number of thioether (sulfide) groups is 1. The van der Waals surface area contributed by atoms with Crippen LogP contribution in [0.2, 0.25) is 0 Å². The van der Waals surface area contributed by atoms with Gasteiger partial charge >= 0.3 is 23.7 Å². The van der Waals surface area contributed by atoms with Crippen molar-refractivity contribution in [3.8, 4) is 0 Å². The number of fused-ring (bicyclic) bond motifs is 7. The molecule has 1 N–H and O–H groups in total. The van der Waals surface area contributed by atoms with Crippen LogP contribution < -0.4 is 5.82 Å². The molecule has 0 aliphatic heterocycles. The molecule has 10 nitrogen and oxygen atoms in total. The fourth-order valence-corrected chi connectivity index (χ4v) is 9.69. The Balaban J connectivity index is 1.24. The monoisotopic (exact) mass is 616 g/mol. The first kappa shape index (κ1) is 30.2. The molecule has 0 aromatic carbocycles. The topological polar surface area (TPSA) is 150 Å². The summed E-state index contributed by atoms with van der Waals surface area (Å²) in [7, 11) is 0. The summed E-state index contributed by atoms with van der Waals surface area (Å²) in [5.41, 5.74) is 1.18. The number of aliphatic carboxylic acids is 1. The molecule has 0 amide bonds. The Hall–Kier alpha value is -2.82. The zero-order valence-corrected chi connectivity index (χ0v) is 25.5. The molecule has 11 heteroatoms. The van der Waals surface area contributed by atoms with E-state index >= 15 is 0 Å². The largest absolute Gasteiger partial charge is 0.519 e. The van der Waals surface area contributed by atoms with Gasteiger partial charge in [-0.05, 0) is 113 Å². The number of carboxylic acid groups (broad SMARTS) is 1. The number of carbonyl (C=O) groups is 4. The van der Waals surface area contributed by atoms with Crippen molar-refractivity contribution in [1.82, 2.24) is 0 Å². The van der Waals surface area contributed by atoms with Gasteiger partial charge in [-0.2, -0.15) is 11.8 Å². The van der Waals surface area contributed by atoms with Crippen LogP contribution in [0.4, 0.5) is 0 Å². The number of aryl methyl sites for hydroxylation is 1. The predicted octanol–water partition coefficient (Wildman–Crippen LogP) is 4.56. The van der Waals surface area contributed by atoms with Gasteiger partial charge in [0.15, 0.2) is 23.9 Å². The highest BCUT2D eigenvalue weighted by molar-refractivity contribution is 7.99. The first-order valence-electron chi connectivity index (χ1n) is 15.6. The molecule has 0 spiro atoms. The van der Waals surface area contributed by atoms with Crippen molar-refractivity contribution < 1.29 is 42.6 Å². The Morgan fingerprint density at radius 1 is 0.953 bits per heavy atom. The number of esters is 2. The van der Waals surface area contributed by atoms with Crippen molar-refractivity contribution in [2.75, 3.05) is 12.0 Å². The Morgan fingerprint density at radius 2 is 1.70 bits per heavy atom. The van der Waals surface area contributed by atoms with E-state index in [-0.39, 0.29) is 77.1 Å². The van der Waals surface area contributed by atoms with Gasteiger partial charge < -0.3 is 23.4 Å². The number of hydrogen-bond donors (Lipinski definition) is 1. The maximum Gasteiger partial charge on any atom is 0.519 e. The lowest BCUT2D eigenvalue weighted by molar-refractivity contribution is -0.176. The van der Waals surface area contributed by atoms with E-state index in [1.165, 1.54) is 17.3 Å². The first-order valence-corrected chi connectivity index (χ1v) is 17.0. The third-order valence-electron chi connectivity index (χ3n) is 11.2. The summed E-state index contributed by atoms with van der Waals surface area (Å²) in [5, 5.41) is 9.71. The lowest BCUT2D eigenvalue weighted by atomic mass is 9.49. The van der Waals surface area contributed by atoms with Crippen molar-refractivity contribution in [3.63, 3.8) is 0 Å². The molecule has 10 atom stereocenters. The Morgan fingerprint density at radius 3 is 2.42 bits per heavy atom. The highest BCUT2D eigenvalue weighted by atomic mass is 32.2. The fourth-order valence-electron chi connectivity index (χ4n) is 9.39. The van der Waals surface area contributed by atoms with Crippen molar-refractivity contribution in [3.05, 3.63) is 33.8 Å². The van der Waals surface area contributed by atoms with Crippen molar-refractivity contribution >= 4 is 35.5 Å². The lowest BCUT2D eigenvalue weighted by Crippen LogP contribution is -2.54. The zero-order valence-electron chi connectivity index (χ0n) is 24.7. The molecule has 0 saturated heterocycles. The third-order valence-corrected chi connectivity index (χ3v) is 11.7. The fraction of sp³-hybridized carbons (Fsp3) is 0.719. The molecule has 6 rings (SSSR count). The van der Waals surface area contributed by atoms with Gasteiger partial charge in [0, 0.05) is 5.92 Å². The predicted molar refractivity (Wildman–Crippen MR) is 154 cm³/mol. The summed E-state index contributed by atoms with van der Waals surface area (Å²) in [6.45, 7) is 1.28. The van der Waals surface area contributed by atoms with E-state index in [4.69, 9.17) is 18.3 Å². The van der Waals surface area contributed by atoms with E-state index < -0.39 is 29.8 Å². The molecule has 0 bridgehead atoms. The van der Waals surface area contributed by atoms with Crippen LogP contribution in [0, 0.1) is 60.2 Å². The van der Waals surface area contributed by atoms with E-state index in [0.29, 0.717) is 38.0 Å². The second kappa shape index (κ2) is 12.3. The number of hydrogen-bond acceptors (Lipinski definition) is 10. The summed E-state index contributed by atoms with van der Waals surface area (Å²) in [6.07, 6.45) is 9.97. The standard InChI is InChI=1S/C32H40O10S/c1-15-26(42-32(38)40-15)13-39-31(37)29-21-8-7-19-18-6-5-16-3-4-17(30(35)36)11-22(16)23(18)12-24(33)28(19)20(21)9-10-25(29)41-27(34)14-43-2/h12,16-22,25,28-29H,3-11,13-14H2,1-2H3,(H,35,36). The smallest absolute Gasteiger partial charge is 0.481 e. The van der Waals surface area contributed by atoms with Crippen LogP contribution in [0.15, 0.2) is 25.3 Å². The molecular formula is C32H40O10S. The molecular weight excluding hydrogens is 576 g/mol.